The molecule has 0 N–H and O–H groups in total. The van der Waals surface area contributed by atoms with Crippen LogP contribution in [0.3, 0.4) is 0 Å². The van der Waals surface area contributed by atoms with Crippen LogP contribution in [0.4, 0.5) is 0 Å². The van der Waals surface area contributed by atoms with E-state index >= 15 is 0 Å². The second kappa shape index (κ2) is 5.54. The first kappa shape index (κ1) is 15.0. The minimum absolute atomic E-state index is 0.0863. The van der Waals surface area contributed by atoms with Crippen LogP contribution in [-0.4, -0.2) is 24.8 Å². The number of sulfonamides is 1. The average molecular weight is 346 g/mol. The number of aryl methyl sites for hydroxylation is 1. The molecule has 2 rings (SSSR count). The van der Waals surface area contributed by atoms with E-state index < -0.39 is 10.0 Å². The molecule has 19 heavy (non-hydrogen) atoms. The summed E-state index contributed by atoms with van der Waals surface area (Å²) in [4.78, 5) is 0.380. The van der Waals surface area contributed by atoms with Crippen LogP contribution in [0, 0.1) is 6.92 Å². The maximum atomic E-state index is 12.8. The normalized spacial score (nSPS) is 24.8. The second-order valence-electron chi connectivity index (χ2n) is 5.26. The molecule has 1 aliphatic heterocycles. The molecule has 3 nitrogen and oxygen atoms in total. The Morgan fingerprint density at radius 3 is 2.63 bits per heavy atom. The third-order valence-corrected chi connectivity index (χ3v) is 6.87. The Morgan fingerprint density at radius 1 is 1.37 bits per heavy atom. The molecule has 0 saturated carbocycles. The molecule has 5 heteroatoms. The van der Waals surface area contributed by atoms with E-state index in [4.69, 9.17) is 0 Å². The van der Waals surface area contributed by atoms with Crippen molar-refractivity contribution in [2.24, 2.45) is 0 Å². The highest BCUT2D eigenvalue weighted by Gasteiger charge is 2.39. The van der Waals surface area contributed by atoms with Gasteiger partial charge < -0.3 is 0 Å². The minimum Gasteiger partial charge on any atom is -0.207 e. The van der Waals surface area contributed by atoms with Gasteiger partial charge in [0.1, 0.15) is 0 Å². The largest absolute Gasteiger partial charge is 0.244 e. The molecule has 1 aromatic carbocycles. The summed E-state index contributed by atoms with van der Waals surface area (Å²) in [7, 11) is -3.41. The van der Waals surface area contributed by atoms with Crippen molar-refractivity contribution in [3.63, 3.8) is 0 Å². The number of halogens is 1. The molecule has 0 aromatic heterocycles. The van der Waals surface area contributed by atoms with Gasteiger partial charge in [-0.3, -0.25) is 0 Å². The fourth-order valence-corrected chi connectivity index (χ4v) is 5.90. The molecule has 1 fully saturated rings. The summed E-state index contributed by atoms with van der Waals surface area (Å²) in [5.74, 6) is 0. The SMILES string of the molecule is CCC1CCC(C)N1S(=O)(=O)c1ccc(C)cc1Br. The van der Waals surface area contributed by atoms with Gasteiger partial charge in [-0.2, -0.15) is 4.31 Å². The molecule has 1 saturated heterocycles. The van der Waals surface area contributed by atoms with E-state index in [1.807, 2.05) is 26.0 Å². The summed E-state index contributed by atoms with van der Waals surface area (Å²) in [5, 5.41) is 0. The maximum Gasteiger partial charge on any atom is 0.244 e. The smallest absolute Gasteiger partial charge is 0.207 e. The molecule has 2 unspecified atom stereocenters. The van der Waals surface area contributed by atoms with Crippen LogP contribution in [0.25, 0.3) is 0 Å². The number of hydrogen-bond donors (Lipinski definition) is 0. The molecule has 0 radical (unpaired) electrons. The van der Waals surface area contributed by atoms with Gasteiger partial charge in [0.25, 0.3) is 0 Å². The van der Waals surface area contributed by atoms with Gasteiger partial charge in [0.05, 0.1) is 4.90 Å². The molecular formula is C14H20BrNO2S. The van der Waals surface area contributed by atoms with E-state index in [1.54, 1.807) is 10.4 Å². The standard InChI is InChI=1S/C14H20BrNO2S/c1-4-12-7-6-11(3)16(12)19(17,18)14-8-5-10(2)9-13(14)15/h5,8-9,11-12H,4,6-7H2,1-3H3. The lowest BCUT2D eigenvalue weighted by atomic mass is 10.2. The van der Waals surface area contributed by atoms with Crippen LogP contribution in [-0.2, 0) is 10.0 Å². The van der Waals surface area contributed by atoms with E-state index in [9.17, 15) is 8.42 Å². The summed E-state index contributed by atoms with van der Waals surface area (Å²) in [6.45, 7) is 6.00. The van der Waals surface area contributed by atoms with Gasteiger partial charge in [-0.05, 0) is 66.7 Å². The van der Waals surface area contributed by atoms with E-state index in [2.05, 4.69) is 22.9 Å². The fourth-order valence-electron chi connectivity index (χ4n) is 2.79. The summed E-state index contributed by atoms with van der Waals surface area (Å²) in [5.41, 5.74) is 1.05. The Morgan fingerprint density at radius 2 is 2.05 bits per heavy atom. The third kappa shape index (κ3) is 2.73. The Balaban J connectivity index is 2.47. The maximum absolute atomic E-state index is 12.8. The lowest BCUT2D eigenvalue weighted by Gasteiger charge is -2.27. The molecule has 0 amide bonds. The first-order valence-corrected chi connectivity index (χ1v) is 8.91. The molecule has 2 atom stereocenters. The second-order valence-corrected chi connectivity index (χ2v) is 7.92. The van der Waals surface area contributed by atoms with Gasteiger partial charge in [-0.1, -0.05) is 13.0 Å². The molecule has 1 heterocycles. The third-order valence-electron chi connectivity index (χ3n) is 3.83. The first-order chi connectivity index (χ1) is 8.87. The molecule has 1 aliphatic rings. The highest BCUT2D eigenvalue weighted by Crippen LogP contribution is 2.35. The highest BCUT2D eigenvalue weighted by molar-refractivity contribution is 9.10. The monoisotopic (exact) mass is 345 g/mol. The quantitative estimate of drug-likeness (QED) is 0.837. The van der Waals surface area contributed by atoms with Crippen LogP contribution in [0.5, 0.6) is 0 Å². The van der Waals surface area contributed by atoms with Crippen LogP contribution < -0.4 is 0 Å². The van der Waals surface area contributed by atoms with Crippen LogP contribution in [0.1, 0.15) is 38.7 Å². The number of benzene rings is 1. The summed E-state index contributed by atoms with van der Waals surface area (Å²) in [6.07, 6.45) is 2.77. The van der Waals surface area contributed by atoms with Gasteiger partial charge >= 0.3 is 0 Å². The Bertz CT molecular complexity index is 571. The summed E-state index contributed by atoms with van der Waals surface area (Å²) in [6, 6.07) is 5.62. The molecule has 0 bridgehead atoms. The zero-order valence-electron chi connectivity index (χ0n) is 11.6. The van der Waals surface area contributed by atoms with Crippen LogP contribution in [0.2, 0.25) is 0 Å². The van der Waals surface area contributed by atoms with Crippen LogP contribution in [0.15, 0.2) is 27.6 Å². The highest BCUT2D eigenvalue weighted by atomic mass is 79.9. The van der Waals surface area contributed by atoms with Gasteiger partial charge in [0.15, 0.2) is 0 Å². The van der Waals surface area contributed by atoms with E-state index in [0.29, 0.717) is 9.37 Å². The van der Waals surface area contributed by atoms with E-state index in [1.165, 1.54) is 0 Å². The minimum atomic E-state index is -3.41. The fraction of sp³-hybridized carbons (Fsp3) is 0.571. The lowest BCUT2D eigenvalue weighted by molar-refractivity contribution is 0.328. The first-order valence-electron chi connectivity index (χ1n) is 6.67. The summed E-state index contributed by atoms with van der Waals surface area (Å²) >= 11 is 3.39. The summed E-state index contributed by atoms with van der Waals surface area (Å²) < 4.78 is 28.0. The molecule has 0 aliphatic carbocycles. The van der Waals surface area contributed by atoms with Crippen molar-refractivity contribution in [3.05, 3.63) is 28.2 Å². The van der Waals surface area contributed by atoms with Crippen molar-refractivity contribution in [3.8, 4) is 0 Å². The van der Waals surface area contributed by atoms with E-state index in [-0.39, 0.29) is 12.1 Å². The van der Waals surface area contributed by atoms with Crippen molar-refractivity contribution in [1.29, 1.82) is 0 Å². The Hall–Kier alpha value is -0.390. The van der Waals surface area contributed by atoms with Gasteiger partial charge in [-0.25, -0.2) is 8.42 Å². The topological polar surface area (TPSA) is 37.4 Å². The number of hydrogen-bond acceptors (Lipinski definition) is 2. The molecule has 0 spiro atoms. The van der Waals surface area contributed by atoms with E-state index in [0.717, 1.165) is 24.8 Å². The zero-order valence-corrected chi connectivity index (χ0v) is 14.0. The predicted molar refractivity (Wildman–Crippen MR) is 80.7 cm³/mol. The molecule has 106 valence electrons. The van der Waals surface area contributed by atoms with Gasteiger partial charge in [0, 0.05) is 16.6 Å². The number of rotatable bonds is 3. The van der Waals surface area contributed by atoms with Crippen molar-refractivity contribution >= 4 is 26.0 Å². The lowest BCUT2D eigenvalue weighted by Crippen LogP contribution is -2.39. The van der Waals surface area contributed by atoms with Crippen LogP contribution >= 0.6 is 15.9 Å². The van der Waals surface area contributed by atoms with Crippen molar-refractivity contribution < 1.29 is 8.42 Å². The number of nitrogens with zero attached hydrogens (tertiary/aromatic N) is 1. The Kier molecular flexibility index (Phi) is 4.38. The Labute approximate surface area is 124 Å². The van der Waals surface area contributed by atoms with Crippen molar-refractivity contribution in [2.45, 2.75) is 57.0 Å². The van der Waals surface area contributed by atoms with Crippen molar-refractivity contribution in [1.82, 2.24) is 4.31 Å². The predicted octanol–water partition coefficient (Wildman–Crippen LogP) is 3.71. The molecule has 1 aromatic rings. The van der Waals surface area contributed by atoms with Crippen molar-refractivity contribution in [2.75, 3.05) is 0 Å². The zero-order chi connectivity index (χ0) is 14.2. The van der Waals surface area contributed by atoms with Gasteiger partial charge in [-0.15, -0.1) is 0 Å². The van der Waals surface area contributed by atoms with Gasteiger partial charge in [0.2, 0.25) is 10.0 Å². The average Bonchev–Trinajstić information content (AvgIpc) is 2.70. The molecular weight excluding hydrogens is 326 g/mol.